The topological polar surface area (TPSA) is 167 Å². The van der Waals surface area contributed by atoms with Crippen molar-refractivity contribution in [1.29, 1.82) is 0 Å². The smallest absolute Gasteiger partial charge is 0.338 e. The summed E-state index contributed by atoms with van der Waals surface area (Å²) in [5.74, 6) is -1.35. The van der Waals surface area contributed by atoms with Gasteiger partial charge in [0, 0.05) is 27.7 Å². The van der Waals surface area contributed by atoms with E-state index in [0.29, 0.717) is 15.6 Å². The highest BCUT2D eigenvalue weighted by atomic mass is 79.9. The molecule has 0 spiro atoms. The summed E-state index contributed by atoms with van der Waals surface area (Å²) in [4.78, 5) is 52.9. The number of rotatable bonds is 6. The summed E-state index contributed by atoms with van der Waals surface area (Å²) in [6.45, 7) is 4.83. The molecule has 1 aromatic heterocycles. The van der Waals surface area contributed by atoms with Gasteiger partial charge >= 0.3 is 11.7 Å². The van der Waals surface area contributed by atoms with Crippen LogP contribution in [0.25, 0.3) is 6.08 Å². The molecule has 0 amide bonds. The Morgan fingerprint density at radius 1 is 1.21 bits per heavy atom. The van der Waals surface area contributed by atoms with Crippen molar-refractivity contribution < 1.29 is 24.5 Å². The maximum atomic E-state index is 13.7. The number of benzene rings is 2. The lowest BCUT2D eigenvalue weighted by Crippen LogP contribution is -2.40. The summed E-state index contributed by atoms with van der Waals surface area (Å²) in [6.07, 6.45) is 1.29. The van der Waals surface area contributed by atoms with E-state index in [1.54, 1.807) is 26.8 Å². The van der Waals surface area contributed by atoms with Gasteiger partial charge in [-0.05, 0) is 38.5 Å². The minimum Gasteiger partial charge on any atom is -0.502 e. The van der Waals surface area contributed by atoms with Crippen molar-refractivity contribution in [1.82, 2.24) is 4.57 Å². The fraction of sp³-hybridized carbons (Fsp3) is 0.208. The minimum absolute atomic E-state index is 0.0141. The van der Waals surface area contributed by atoms with E-state index in [0.717, 1.165) is 17.4 Å². The summed E-state index contributed by atoms with van der Waals surface area (Å²) in [5.41, 5.74) is -0.323. The number of carbonyl (C=O) groups excluding carboxylic acids is 1. The third kappa shape index (κ3) is 4.75. The third-order valence-corrected chi connectivity index (χ3v) is 7.27. The van der Waals surface area contributed by atoms with E-state index in [4.69, 9.17) is 4.74 Å². The molecule has 0 unspecified atom stereocenters. The van der Waals surface area contributed by atoms with Crippen molar-refractivity contribution >= 4 is 50.7 Å². The number of allylic oxidation sites excluding steroid dienone is 1. The molecule has 2 aromatic carbocycles. The molecule has 1 aliphatic rings. The number of aromatic hydroxyl groups is 1. The summed E-state index contributed by atoms with van der Waals surface area (Å²) in [5, 5.41) is 33.4. The highest BCUT2D eigenvalue weighted by Gasteiger charge is 2.34. The summed E-state index contributed by atoms with van der Waals surface area (Å²) in [6, 6.07) is 5.88. The van der Waals surface area contributed by atoms with E-state index < -0.39 is 38.9 Å². The van der Waals surface area contributed by atoms with Crippen molar-refractivity contribution in [3.8, 4) is 5.75 Å². The number of phenolic OH excluding ortho intramolecular Hbond substituents is 1. The van der Waals surface area contributed by atoms with Crippen LogP contribution in [0.1, 0.15) is 36.6 Å². The number of phenols is 1. The Morgan fingerprint density at radius 2 is 1.89 bits per heavy atom. The Bertz CT molecular complexity index is 1740. The van der Waals surface area contributed by atoms with E-state index in [1.165, 1.54) is 28.8 Å². The number of aryl methyl sites for hydroxylation is 1. The minimum atomic E-state index is -1.09. The van der Waals surface area contributed by atoms with Crippen LogP contribution in [-0.2, 0) is 9.53 Å². The van der Waals surface area contributed by atoms with E-state index in [1.807, 2.05) is 0 Å². The second-order valence-electron chi connectivity index (χ2n) is 8.23. The first kappa shape index (κ1) is 26.9. The number of ether oxygens (including phenoxy) is 1. The monoisotopic (exact) mass is 602 g/mol. The van der Waals surface area contributed by atoms with Gasteiger partial charge in [-0.15, -0.1) is 0 Å². The summed E-state index contributed by atoms with van der Waals surface area (Å²) < 4.78 is 6.82. The van der Waals surface area contributed by atoms with Crippen LogP contribution in [0.4, 0.5) is 11.4 Å². The van der Waals surface area contributed by atoms with E-state index >= 15 is 0 Å². The second kappa shape index (κ2) is 10.3. The highest BCUT2D eigenvalue weighted by molar-refractivity contribution is 9.10. The SMILES string of the molecule is CCOC(=O)C1=C(C)N=c2s/c(=C/c3cc(Br)cc([N+](=O)[O-])c3O)c(=O)n2[C@@H]1c1ccc(C)c([N+](=O)[O-])c1. The number of thiazole rings is 1. The van der Waals surface area contributed by atoms with Crippen molar-refractivity contribution in [2.45, 2.75) is 26.8 Å². The number of hydrogen-bond acceptors (Lipinski definition) is 10. The third-order valence-electron chi connectivity index (χ3n) is 5.83. The molecular weight excluding hydrogens is 584 g/mol. The van der Waals surface area contributed by atoms with Gasteiger partial charge in [0.2, 0.25) is 5.75 Å². The Morgan fingerprint density at radius 3 is 2.53 bits per heavy atom. The maximum Gasteiger partial charge on any atom is 0.338 e. The van der Waals surface area contributed by atoms with Gasteiger partial charge in [-0.1, -0.05) is 39.4 Å². The van der Waals surface area contributed by atoms with Gasteiger partial charge in [-0.25, -0.2) is 9.79 Å². The number of carbonyl (C=O) groups is 1. The van der Waals surface area contributed by atoms with Crippen LogP contribution < -0.4 is 14.9 Å². The lowest BCUT2D eigenvalue weighted by Gasteiger charge is -2.24. The molecule has 3 aromatic rings. The number of nitro groups is 2. The van der Waals surface area contributed by atoms with Crippen LogP contribution in [0.15, 0.2) is 55.9 Å². The van der Waals surface area contributed by atoms with Crippen LogP contribution in [-0.4, -0.2) is 32.1 Å². The lowest BCUT2D eigenvalue weighted by molar-refractivity contribution is -0.386. The van der Waals surface area contributed by atoms with Gasteiger partial charge in [0.05, 0.1) is 38.3 Å². The van der Waals surface area contributed by atoms with Crippen LogP contribution >= 0.6 is 27.3 Å². The molecule has 0 saturated carbocycles. The molecule has 1 atom stereocenters. The average molecular weight is 603 g/mol. The zero-order chi connectivity index (χ0) is 27.9. The number of fused-ring (bicyclic) bond motifs is 1. The number of aromatic nitrogens is 1. The first-order valence-corrected chi connectivity index (χ1v) is 12.7. The van der Waals surface area contributed by atoms with Crippen molar-refractivity contribution in [2.75, 3.05) is 6.61 Å². The maximum absolute atomic E-state index is 13.7. The van der Waals surface area contributed by atoms with Crippen LogP contribution in [0.5, 0.6) is 5.75 Å². The standard InChI is InChI=1S/C24H19BrN4O8S/c1-4-37-23(32)19-12(3)26-24-27(20(19)13-6-5-11(2)16(8-13)28(33)34)22(31)18(38-24)9-14-7-15(25)10-17(21(14)30)29(35)36/h5-10,20,30H,4H2,1-3H3/b18-9+/t20-/m1/s1. The normalized spacial score (nSPS) is 15.2. The fourth-order valence-electron chi connectivity index (χ4n) is 4.10. The van der Waals surface area contributed by atoms with Crippen LogP contribution in [0.2, 0.25) is 0 Å². The largest absolute Gasteiger partial charge is 0.502 e. The van der Waals surface area contributed by atoms with E-state index in [9.17, 15) is 34.9 Å². The molecule has 196 valence electrons. The molecule has 4 rings (SSSR count). The predicted octanol–water partition coefficient (Wildman–Crippen LogP) is 3.39. The molecule has 0 radical (unpaired) electrons. The molecule has 0 saturated heterocycles. The zero-order valence-electron chi connectivity index (χ0n) is 20.1. The highest BCUT2D eigenvalue weighted by Crippen LogP contribution is 2.35. The molecule has 38 heavy (non-hydrogen) atoms. The lowest BCUT2D eigenvalue weighted by atomic mass is 9.94. The number of nitro benzene ring substituents is 2. The second-order valence-corrected chi connectivity index (χ2v) is 10.1. The number of esters is 1. The van der Waals surface area contributed by atoms with Gasteiger partial charge in [0.25, 0.3) is 11.2 Å². The number of hydrogen-bond donors (Lipinski definition) is 1. The number of halogens is 1. The Balaban J connectivity index is 2.02. The first-order valence-electron chi connectivity index (χ1n) is 11.1. The molecular formula is C24H19BrN4O8S. The molecule has 0 bridgehead atoms. The van der Waals surface area contributed by atoms with E-state index in [-0.39, 0.29) is 38.5 Å². The van der Waals surface area contributed by atoms with Crippen molar-refractivity contribution in [3.05, 3.63) is 103 Å². The average Bonchev–Trinajstić information content (AvgIpc) is 3.14. The molecule has 0 fully saturated rings. The van der Waals surface area contributed by atoms with Crippen molar-refractivity contribution in [2.24, 2.45) is 4.99 Å². The quantitative estimate of drug-likeness (QED) is 0.254. The Kier molecular flexibility index (Phi) is 7.29. The fourth-order valence-corrected chi connectivity index (χ4v) is 5.60. The Hall–Kier alpha value is -4.17. The summed E-state index contributed by atoms with van der Waals surface area (Å²) in [7, 11) is 0. The number of nitrogens with zero attached hydrogens (tertiary/aromatic N) is 4. The molecule has 1 aliphatic heterocycles. The van der Waals surface area contributed by atoms with Crippen LogP contribution in [0.3, 0.4) is 0 Å². The van der Waals surface area contributed by atoms with Gasteiger partial charge in [0.15, 0.2) is 4.80 Å². The zero-order valence-corrected chi connectivity index (χ0v) is 22.5. The van der Waals surface area contributed by atoms with Gasteiger partial charge < -0.3 is 9.84 Å². The molecule has 12 nitrogen and oxygen atoms in total. The molecule has 14 heteroatoms. The van der Waals surface area contributed by atoms with Gasteiger partial charge in [0.1, 0.15) is 0 Å². The van der Waals surface area contributed by atoms with Crippen LogP contribution in [0, 0.1) is 27.2 Å². The molecule has 1 N–H and O–H groups in total. The Labute approximate surface area is 226 Å². The first-order chi connectivity index (χ1) is 17.9. The molecule has 0 aliphatic carbocycles. The van der Waals surface area contributed by atoms with E-state index in [2.05, 4.69) is 20.9 Å². The van der Waals surface area contributed by atoms with Gasteiger partial charge in [-0.3, -0.25) is 29.6 Å². The summed E-state index contributed by atoms with van der Waals surface area (Å²) >= 11 is 4.11. The predicted molar refractivity (Wildman–Crippen MR) is 141 cm³/mol. The van der Waals surface area contributed by atoms with Crippen molar-refractivity contribution in [3.63, 3.8) is 0 Å². The van der Waals surface area contributed by atoms with Gasteiger partial charge in [-0.2, -0.15) is 0 Å². The molecule has 2 heterocycles.